The minimum atomic E-state index is -0.507. The van der Waals surface area contributed by atoms with E-state index in [1.54, 1.807) is 0 Å². The molecular weight excluding hydrogens is 291 g/mol. The van der Waals surface area contributed by atoms with Crippen molar-refractivity contribution >= 4 is 22.6 Å². The van der Waals surface area contributed by atoms with Gasteiger partial charge in [-0.25, -0.2) is 0 Å². The maximum Gasteiger partial charge on any atom is 0.0842 e. The fourth-order valence-electron chi connectivity index (χ4n) is 2.09. The Kier molecular flexibility index (Phi) is 3.11. The second kappa shape index (κ2) is 4.18. The van der Waals surface area contributed by atoms with Crippen molar-refractivity contribution in [2.24, 2.45) is 0 Å². The van der Waals surface area contributed by atoms with E-state index >= 15 is 0 Å². The van der Waals surface area contributed by atoms with Crippen LogP contribution in [0.25, 0.3) is 0 Å². The molecule has 2 rings (SSSR count). The molecule has 1 aliphatic rings. The van der Waals surface area contributed by atoms with Gasteiger partial charge in [0.1, 0.15) is 0 Å². The first-order chi connectivity index (χ1) is 6.68. The zero-order valence-electron chi connectivity index (χ0n) is 8.12. The van der Waals surface area contributed by atoms with Gasteiger partial charge in [-0.3, -0.25) is 4.68 Å². The van der Waals surface area contributed by atoms with E-state index in [0.717, 1.165) is 29.3 Å². The van der Waals surface area contributed by atoms with Gasteiger partial charge >= 0.3 is 0 Å². The lowest BCUT2D eigenvalue weighted by Gasteiger charge is -2.31. The highest BCUT2D eigenvalue weighted by atomic mass is 127. The number of aliphatic hydroxyl groups is 1. The zero-order chi connectivity index (χ0) is 10.0. The first-order valence-corrected chi connectivity index (χ1v) is 6.16. The van der Waals surface area contributed by atoms with Crippen LogP contribution in [0, 0.1) is 3.57 Å². The van der Waals surface area contributed by atoms with Gasteiger partial charge in [-0.2, -0.15) is 5.10 Å². The van der Waals surface area contributed by atoms with Crippen molar-refractivity contribution in [2.45, 2.75) is 44.2 Å². The molecule has 0 unspecified atom stereocenters. The second-order valence-corrected chi connectivity index (χ2v) is 5.39. The third-order valence-electron chi connectivity index (χ3n) is 2.84. The topological polar surface area (TPSA) is 38.0 Å². The molecule has 1 aromatic heterocycles. The average molecular weight is 306 g/mol. The van der Waals surface area contributed by atoms with Crippen molar-refractivity contribution in [1.29, 1.82) is 0 Å². The summed E-state index contributed by atoms with van der Waals surface area (Å²) in [5.41, 5.74) is -0.507. The lowest BCUT2D eigenvalue weighted by molar-refractivity contribution is -0.0142. The highest BCUT2D eigenvalue weighted by molar-refractivity contribution is 14.1. The van der Waals surface area contributed by atoms with Gasteiger partial charge < -0.3 is 5.11 Å². The molecule has 1 fully saturated rings. The van der Waals surface area contributed by atoms with E-state index in [0.29, 0.717) is 6.54 Å². The first-order valence-electron chi connectivity index (χ1n) is 5.08. The van der Waals surface area contributed by atoms with Crippen molar-refractivity contribution in [3.05, 3.63) is 16.0 Å². The Labute approximate surface area is 97.6 Å². The Morgan fingerprint density at radius 2 is 2.14 bits per heavy atom. The van der Waals surface area contributed by atoms with Crippen molar-refractivity contribution in [3.63, 3.8) is 0 Å². The molecule has 0 aliphatic heterocycles. The molecule has 0 spiro atoms. The van der Waals surface area contributed by atoms with Gasteiger partial charge in [-0.1, -0.05) is 19.3 Å². The van der Waals surface area contributed by atoms with Gasteiger partial charge in [0.15, 0.2) is 0 Å². The standard InChI is InChI=1S/C10H15IN2O/c11-9-6-12-13(7-9)8-10(14)4-2-1-3-5-10/h6-7,14H,1-5,8H2. The third kappa shape index (κ3) is 2.48. The van der Waals surface area contributed by atoms with Gasteiger partial charge in [-0.15, -0.1) is 0 Å². The van der Waals surface area contributed by atoms with Crippen molar-refractivity contribution in [2.75, 3.05) is 0 Å². The van der Waals surface area contributed by atoms with Gasteiger partial charge in [-0.05, 0) is 35.4 Å². The monoisotopic (exact) mass is 306 g/mol. The summed E-state index contributed by atoms with van der Waals surface area (Å²) in [6, 6.07) is 0. The van der Waals surface area contributed by atoms with Gasteiger partial charge in [0.25, 0.3) is 0 Å². The summed E-state index contributed by atoms with van der Waals surface area (Å²) in [6.07, 6.45) is 9.20. The van der Waals surface area contributed by atoms with Crippen LogP contribution < -0.4 is 0 Å². The molecule has 3 nitrogen and oxygen atoms in total. The Morgan fingerprint density at radius 1 is 1.43 bits per heavy atom. The van der Waals surface area contributed by atoms with Crippen LogP contribution in [-0.2, 0) is 6.54 Å². The summed E-state index contributed by atoms with van der Waals surface area (Å²) >= 11 is 2.23. The van der Waals surface area contributed by atoms with Crippen molar-refractivity contribution in [3.8, 4) is 0 Å². The predicted molar refractivity (Wildman–Crippen MR) is 63.0 cm³/mol. The zero-order valence-corrected chi connectivity index (χ0v) is 10.3. The number of nitrogens with zero attached hydrogens (tertiary/aromatic N) is 2. The molecule has 1 N–H and O–H groups in total. The van der Waals surface area contributed by atoms with Gasteiger partial charge in [0.05, 0.1) is 21.9 Å². The molecule has 0 bridgehead atoms. The summed E-state index contributed by atoms with van der Waals surface area (Å²) in [5, 5.41) is 14.5. The maximum atomic E-state index is 10.3. The molecule has 1 heterocycles. The maximum absolute atomic E-state index is 10.3. The first kappa shape index (κ1) is 10.4. The fourth-order valence-corrected chi connectivity index (χ4v) is 2.54. The van der Waals surface area contributed by atoms with Gasteiger partial charge in [0, 0.05) is 6.20 Å². The molecule has 1 aromatic rings. The van der Waals surface area contributed by atoms with Crippen molar-refractivity contribution in [1.82, 2.24) is 9.78 Å². The van der Waals surface area contributed by atoms with Crippen LogP contribution in [0.15, 0.2) is 12.4 Å². The summed E-state index contributed by atoms with van der Waals surface area (Å²) in [5.74, 6) is 0. The van der Waals surface area contributed by atoms with Crippen LogP contribution in [-0.4, -0.2) is 20.5 Å². The summed E-state index contributed by atoms with van der Waals surface area (Å²) in [4.78, 5) is 0. The van der Waals surface area contributed by atoms with Crippen LogP contribution in [0.5, 0.6) is 0 Å². The van der Waals surface area contributed by atoms with Crippen LogP contribution in [0.3, 0.4) is 0 Å². The molecule has 1 saturated carbocycles. The Balaban J connectivity index is 2.01. The minimum absolute atomic E-state index is 0.507. The Morgan fingerprint density at radius 3 is 2.71 bits per heavy atom. The van der Waals surface area contributed by atoms with Crippen LogP contribution in [0.2, 0.25) is 0 Å². The van der Waals surface area contributed by atoms with E-state index in [1.807, 2.05) is 17.1 Å². The minimum Gasteiger partial charge on any atom is -0.388 e. The molecule has 0 radical (unpaired) electrons. The summed E-state index contributed by atoms with van der Waals surface area (Å²) in [7, 11) is 0. The highest BCUT2D eigenvalue weighted by Crippen LogP contribution is 2.29. The van der Waals surface area contributed by atoms with E-state index in [2.05, 4.69) is 27.7 Å². The Bertz CT molecular complexity index is 305. The number of aromatic nitrogens is 2. The predicted octanol–water partition coefficient (Wildman–Crippen LogP) is 2.18. The van der Waals surface area contributed by atoms with E-state index in [-0.39, 0.29) is 0 Å². The molecule has 4 heteroatoms. The van der Waals surface area contributed by atoms with Crippen LogP contribution >= 0.6 is 22.6 Å². The van der Waals surface area contributed by atoms with E-state index in [9.17, 15) is 5.11 Å². The van der Waals surface area contributed by atoms with Crippen molar-refractivity contribution < 1.29 is 5.11 Å². The number of halogens is 1. The lowest BCUT2D eigenvalue weighted by Crippen LogP contribution is -2.36. The van der Waals surface area contributed by atoms with Crippen LogP contribution in [0.4, 0.5) is 0 Å². The van der Waals surface area contributed by atoms with E-state index < -0.39 is 5.60 Å². The average Bonchev–Trinajstić information content (AvgIpc) is 2.51. The molecule has 0 saturated heterocycles. The number of rotatable bonds is 2. The Hall–Kier alpha value is -0.100. The fraction of sp³-hybridized carbons (Fsp3) is 0.700. The summed E-state index contributed by atoms with van der Waals surface area (Å²) in [6.45, 7) is 0.649. The molecular formula is C10H15IN2O. The van der Waals surface area contributed by atoms with E-state index in [1.165, 1.54) is 6.42 Å². The molecule has 0 atom stereocenters. The third-order valence-corrected chi connectivity index (χ3v) is 3.40. The molecule has 78 valence electrons. The summed E-state index contributed by atoms with van der Waals surface area (Å²) < 4.78 is 2.98. The van der Waals surface area contributed by atoms with E-state index in [4.69, 9.17) is 0 Å². The largest absolute Gasteiger partial charge is 0.388 e. The quantitative estimate of drug-likeness (QED) is 0.851. The molecule has 14 heavy (non-hydrogen) atoms. The number of hydrogen-bond donors (Lipinski definition) is 1. The van der Waals surface area contributed by atoms with Crippen LogP contribution in [0.1, 0.15) is 32.1 Å². The number of hydrogen-bond acceptors (Lipinski definition) is 2. The molecule has 0 amide bonds. The second-order valence-electron chi connectivity index (χ2n) is 4.14. The smallest absolute Gasteiger partial charge is 0.0842 e. The highest BCUT2D eigenvalue weighted by Gasteiger charge is 2.29. The SMILES string of the molecule is OC1(Cn2cc(I)cn2)CCCCC1. The molecule has 1 aliphatic carbocycles. The molecule has 0 aromatic carbocycles. The normalized spacial score (nSPS) is 21.0. The lowest BCUT2D eigenvalue weighted by atomic mass is 9.85. The van der Waals surface area contributed by atoms with Gasteiger partial charge in [0.2, 0.25) is 0 Å².